The molecule has 0 spiro atoms. The summed E-state index contributed by atoms with van der Waals surface area (Å²) in [6.45, 7) is 4.18. The Morgan fingerprint density at radius 2 is 0.774 bits per heavy atom. The summed E-state index contributed by atoms with van der Waals surface area (Å²) in [5.74, 6) is -0.515. The number of allylic oxidation sites excluding steroid dienone is 5. The van der Waals surface area contributed by atoms with Gasteiger partial charge >= 0.3 is 0 Å². The van der Waals surface area contributed by atoms with E-state index >= 15 is 0 Å². The Balaban J connectivity index is 3.71. The summed E-state index contributed by atoms with van der Waals surface area (Å²) in [5.41, 5.74) is 0. The maximum absolute atomic E-state index is 12.5. The molecular weight excluding hydrogens is 655 g/mol. The quantitative estimate of drug-likeness (QED) is 0.0370. The van der Waals surface area contributed by atoms with Crippen LogP contribution in [0.15, 0.2) is 36.5 Å². The van der Waals surface area contributed by atoms with Crippen LogP contribution in [-0.4, -0.2) is 46.1 Å². The number of nitrogens with one attached hydrogen (secondary N) is 1. The molecule has 0 bridgehead atoms. The van der Waals surface area contributed by atoms with E-state index in [0.29, 0.717) is 6.42 Å². The van der Waals surface area contributed by atoms with E-state index in [9.17, 15) is 20.1 Å². The van der Waals surface area contributed by atoms with E-state index in [1.165, 1.54) is 173 Å². The smallest absolute Gasteiger partial charge is 0.249 e. The fourth-order valence-electron chi connectivity index (χ4n) is 7.04. The second-order valence-electron chi connectivity index (χ2n) is 16.0. The van der Waals surface area contributed by atoms with E-state index in [1.54, 1.807) is 6.08 Å². The minimum absolute atomic E-state index is 0.379. The first-order valence-electron chi connectivity index (χ1n) is 23.3. The molecule has 0 aliphatic carbocycles. The van der Waals surface area contributed by atoms with Crippen LogP contribution in [0.5, 0.6) is 0 Å². The Kier molecular flexibility index (Phi) is 42.1. The Morgan fingerprint density at radius 3 is 1.15 bits per heavy atom. The highest BCUT2D eigenvalue weighted by Gasteiger charge is 2.22. The summed E-state index contributed by atoms with van der Waals surface area (Å²) < 4.78 is 0. The molecular formula is C48H91NO4. The summed E-state index contributed by atoms with van der Waals surface area (Å²) in [7, 11) is 0. The van der Waals surface area contributed by atoms with Crippen LogP contribution in [0.4, 0.5) is 0 Å². The highest BCUT2D eigenvalue weighted by atomic mass is 16.3. The number of carbonyl (C=O) groups excluding carboxylic acids is 1. The predicted molar refractivity (Wildman–Crippen MR) is 231 cm³/mol. The van der Waals surface area contributed by atoms with Gasteiger partial charge in [0.25, 0.3) is 0 Å². The minimum Gasteiger partial charge on any atom is -0.394 e. The molecule has 0 aliphatic rings. The van der Waals surface area contributed by atoms with Crippen LogP contribution >= 0.6 is 0 Å². The molecule has 0 heterocycles. The van der Waals surface area contributed by atoms with E-state index in [0.717, 1.165) is 44.9 Å². The molecule has 3 atom stereocenters. The molecule has 0 saturated heterocycles. The van der Waals surface area contributed by atoms with Crippen molar-refractivity contribution in [3.8, 4) is 0 Å². The Labute approximate surface area is 330 Å². The second kappa shape index (κ2) is 43.3. The van der Waals surface area contributed by atoms with Crippen molar-refractivity contribution in [2.75, 3.05) is 6.61 Å². The number of rotatable bonds is 42. The summed E-state index contributed by atoms with van der Waals surface area (Å²) in [5, 5.41) is 33.1. The first-order chi connectivity index (χ1) is 26.1. The van der Waals surface area contributed by atoms with Crippen molar-refractivity contribution in [1.82, 2.24) is 5.32 Å². The number of hydrogen-bond donors (Lipinski definition) is 4. The number of aliphatic hydroxyl groups excluding tert-OH is 3. The zero-order valence-electron chi connectivity index (χ0n) is 35.4. The van der Waals surface area contributed by atoms with Crippen LogP contribution < -0.4 is 5.32 Å². The molecule has 0 aliphatic heterocycles. The van der Waals surface area contributed by atoms with Crippen molar-refractivity contribution < 1.29 is 20.1 Å². The molecule has 0 rings (SSSR count). The van der Waals surface area contributed by atoms with Crippen molar-refractivity contribution in [3.05, 3.63) is 36.5 Å². The van der Waals surface area contributed by atoms with E-state index in [1.807, 2.05) is 6.08 Å². The van der Waals surface area contributed by atoms with Gasteiger partial charge in [-0.3, -0.25) is 4.79 Å². The van der Waals surface area contributed by atoms with Crippen LogP contribution in [-0.2, 0) is 4.79 Å². The molecule has 0 aromatic rings. The summed E-state index contributed by atoms with van der Waals surface area (Å²) in [6, 6.07) is -0.818. The van der Waals surface area contributed by atoms with Crippen molar-refractivity contribution >= 4 is 5.91 Å². The normalized spacial score (nSPS) is 13.8. The zero-order valence-corrected chi connectivity index (χ0v) is 35.4. The number of amides is 1. The van der Waals surface area contributed by atoms with Crippen LogP contribution in [0.25, 0.3) is 0 Å². The van der Waals surface area contributed by atoms with E-state index < -0.39 is 24.2 Å². The lowest BCUT2D eigenvalue weighted by Gasteiger charge is -2.21. The number of aliphatic hydroxyl groups is 3. The molecule has 1 amide bonds. The van der Waals surface area contributed by atoms with Crippen LogP contribution in [0.1, 0.15) is 239 Å². The van der Waals surface area contributed by atoms with E-state index in [-0.39, 0.29) is 6.61 Å². The number of hydrogen-bond acceptors (Lipinski definition) is 4. The van der Waals surface area contributed by atoms with Crippen molar-refractivity contribution in [3.63, 3.8) is 0 Å². The lowest BCUT2D eigenvalue weighted by Crippen LogP contribution is -2.48. The topological polar surface area (TPSA) is 89.8 Å². The van der Waals surface area contributed by atoms with Gasteiger partial charge in [0, 0.05) is 0 Å². The second-order valence-corrected chi connectivity index (χ2v) is 16.0. The van der Waals surface area contributed by atoms with Crippen LogP contribution in [0, 0.1) is 0 Å². The molecule has 0 saturated carbocycles. The van der Waals surface area contributed by atoms with Gasteiger partial charge in [-0.2, -0.15) is 0 Å². The molecule has 5 heteroatoms. The molecule has 312 valence electrons. The number of unbranched alkanes of at least 4 members (excludes halogenated alkanes) is 30. The molecule has 0 aromatic heterocycles. The van der Waals surface area contributed by atoms with Gasteiger partial charge in [0.1, 0.15) is 6.10 Å². The molecule has 3 unspecified atom stereocenters. The average molecular weight is 746 g/mol. The summed E-state index contributed by atoms with van der Waals surface area (Å²) >= 11 is 0. The Bertz CT molecular complexity index is 824. The highest BCUT2D eigenvalue weighted by molar-refractivity contribution is 5.80. The van der Waals surface area contributed by atoms with Crippen LogP contribution in [0.2, 0.25) is 0 Å². The Morgan fingerprint density at radius 1 is 0.453 bits per heavy atom. The van der Waals surface area contributed by atoms with Crippen molar-refractivity contribution in [2.24, 2.45) is 0 Å². The fraction of sp³-hybridized carbons (Fsp3) is 0.854. The van der Waals surface area contributed by atoms with Gasteiger partial charge in [-0.1, -0.05) is 230 Å². The third-order valence-electron chi connectivity index (χ3n) is 10.7. The van der Waals surface area contributed by atoms with Gasteiger partial charge in [0.2, 0.25) is 5.91 Å². The van der Waals surface area contributed by atoms with Gasteiger partial charge in [0.05, 0.1) is 18.8 Å². The molecule has 53 heavy (non-hydrogen) atoms. The largest absolute Gasteiger partial charge is 0.394 e. The maximum Gasteiger partial charge on any atom is 0.249 e. The molecule has 4 N–H and O–H groups in total. The Hall–Kier alpha value is -1.43. The summed E-state index contributed by atoms with van der Waals surface area (Å²) in [4.78, 5) is 12.5. The van der Waals surface area contributed by atoms with Crippen LogP contribution in [0.3, 0.4) is 0 Å². The lowest BCUT2D eigenvalue weighted by atomic mass is 10.0. The maximum atomic E-state index is 12.5. The first kappa shape index (κ1) is 51.6. The van der Waals surface area contributed by atoms with Gasteiger partial charge < -0.3 is 20.6 Å². The van der Waals surface area contributed by atoms with E-state index in [2.05, 4.69) is 43.5 Å². The van der Waals surface area contributed by atoms with Gasteiger partial charge in [-0.15, -0.1) is 0 Å². The van der Waals surface area contributed by atoms with E-state index in [4.69, 9.17) is 0 Å². The monoisotopic (exact) mass is 746 g/mol. The minimum atomic E-state index is -1.11. The highest BCUT2D eigenvalue weighted by Crippen LogP contribution is 2.16. The third-order valence-corrected chi connectivity index (χ3v) is 10.7. The SMILES string of the molecule is CCCCCCCCCCCCCCCC/C=C/CC/C=C/CC/C=C/C(O)C(CO)NC(=O)C(O)CCCCCCCCCCCCCCCCC. The first-order valence-corrected chi connectivity index (χ1v) is 23.3. The third kappa shape index (κ3) is 38.6. The summed E-state index contributed by atoms with van der Waals surface area (Å²) in [6.07, 6.45) is 54.7. The van der Waals surface area contributed by atoms with Gasteiger partial charge in [-0.25, -0.2) is 0 Å². The number of carbonyl (C=O) groups is 1. The molecule has 0 fully saturated rings. The average Bonchev–Trinajstić information content (AvgIpc) is 3.16. The lowest BCUT2D eigenvalue weighted by molar-refractivity contribution is -0.131. The molecule has 0 aromatic carbocycles. The van der Waals surface area contributed by atoms with Crippen molar-refractivity contribution in [2.45, 2.75) is 257 Å². The predicted octanol–water partition coefficient (Wildman–Crippen LogP) is 13.5. The molecule has 5 nitrogen and oxygen atoms in total. The molecule has 0 radical (unpaired) electrons. The standard InChI is InChI=1S/C48H91NO4/c1-3-5-7-9-11-13-15-17-19-20-21-22-23-24-25-26-27-29-30-32-34-36-38-40-42-46(51)45(44-50)49-48(53)47(52)43-41-39-37-35-33-31-28-18-16-14-12-10-8-6-4-2/h26-27,32,34,40,42,45-47,50-52H,3-25,28-31,33,35-39,41,43-44H2,1-2H3,(H,49,53)/b27-26+,34-32+,42-40+. The van der Waals surface area contributed by atoms with Gasteiger partial charge in [-0.05, 0) is 44.9 Å². The fourth-order valence-corrected chi connectivity index (χ4v) is 7.04. The van der Waals surface area contributed by atoms with Gasteiger partial charge in [0.15, 0.2) is 0 Å². The van der Waals surface area contributed by atoms with Crippen molar-refractivity contribution in [1.29, 1.82) is 0 Å². The zero-order chi connectivity index (χ0) is 38.7.